The molecule has 0 bridgehead atoms. The minimum Gasteiger partial charge on any atom is -0.406 e. The first-order chi connectivity index (χ1) is 13.9. The Balaban J connectivity index is 1.99. The van der Waals surface area contributed by atoms with Gasteiger partial charge in [0.2, 0.25) is 5.43 Å². The van der Waals surface area contributed by atoms with Gasteiger partial charge in [-0.05, 0) is 24.3 Å². The minimum absolute atomic E-state index is 0.0574. The summed E-state index contributed by atoms with van der Waals surface area (Å²) in [4.78, 5) is 12.4. The SMILES string of the molecule is N=C/C=C(\[NH2+]c1ccccc1)c1nn(-c2cccc(OC(F)(F)F)c2)ccc1=O. The van der Waals surface area contributed by atoms with Crippen LogP contribution in [-0.2, 0) is 0 Å². The molecule has 1 aromatic heterocycles. The molecule has 9 heteroatoms. The number of alkyl halides is 3. The van der Waals surface area contributed by atoms with Gasteiger partial charge in [0.05, 0.1) is 5.69 Å². The molecule has 0 unspecified atom stereocenters. The van der Waals surface area contributed by atoms with Crippen molar-refractivity contribution in [1.29, 1.82) is 5.41 Å². The third-order valence-corrected chi connectivity index (χ3v) is 3.78. The lowest BCUT2D eigenvalue weighted by Crippen LogP contribution is -2.75. The van der Waals surface area contributed by atoms with E-state index in [9.17, 15) is 18.0 Å². The zero-order chi connectivity index (χ0) is 20.9. The van der Waals surface area contributed by atoms with Crippen molar-refractivity contribution in [2.45, 2.75) is 6.36 Å². The normalized spacial score (nSPS) is 11.9. The Kier molecular flexibility index (Phi) is 5.89. The molecule has 29 heavy (non-hydrogen) atoms. The number of hydrogen-bond donors (Lipinski definition) is 2. The maximum atomic E-state index is 12.5. The minimum atomic E-state index is -4.81. The van der Waals surface area contributed by atoms with Crippen molar-refractivity contribution in [1.82, 2.24) is 9.78 Å². The number of aromatic nitrogens is 2. The summed E-state index contributed by atoms with van der Waals surface area (Å²) in [5.74, 6) is -0.400. The summed E-state index contributed by atoms with van der Waals surface area (Å²) in [6.07, 6.45) is -1.01. The topological polar surface area (TPSA) is 84.6 Å². The van der Waals surface area contributed by atoms with Gasteiger partial charge in [-0.3, -0.25) is 10.1 Å². The zero-order valence-electron chi connectivity index (χ0n) is 14.9. The summed E-state index contributed by atoms with van der Waals surface area (Å²) < 4.78 is 42.6. The molecule has 0 aliphatic heterocycles. The first kappa shape index (κ1) is 20.0. The van der Waals surface area contributed by atoms with Gasteiger partial charge in [-0.1, -0.05) is 24.3 Å². The van der Waals surface area contributed by atoms with Crippen LogP contribution in [0.25, 0.3) is 11.4 Å². The number of rotatable bonds is 6. The van der Waals surface area contributed by atoms with Gasteiger partial charge in [0.25, 0.3) is 0 Å². The van der Waals surface area contributed by atoms with Gasteiger partial charge in [-0.2, -0.15) is 5.10 Å². The first-order valence-electron chi connectivity index (χ1n) is 8.43. The second-order valence-corrected chi connectivity index (χ2v) is 5.86. The third kappa shape index (κ3) is 5.39. The molecule has 0 amide bonds. The molecule has 0 aliphatic carbocycles. The molecular formula is C20H16F3N4O2+. The van der Waals surface area contributed by atoms with E-state index >= 15 is 0 Å². The van der Waals surface area contributed by atoms with E-state index in [0.717, 1.165) is 18.0 Å². The van der Waals surface area contributed by atoms with Crippen LogP contribution >= 0.6 is 0 Å². The van der Waals surface area contributed by atoms with Gasteiger partial charge in [0.15, 0.2) is 11.4 Å². The highest BCUT2D eigenvalue weighted by molar-refractivity contribution is 5.78. The maximum absolute atomic E-state index is 12.5. The summed E-state index contributed by atoms with van der Waals surface area (Å²) in [5, 5.41) is 13.3. The van der Waals surface area contributed by atoms with Gasteiger partial charge in [0, 0.05) is 30.6 Å². The Morgan fingerprint density at radius 3 is 2.55 bits per heavy atom. The fourth-order valence-corrected chi connectivity index (χ4v) is 2.59. The van der Waals surface area contributed by atoms with Crippen molar-refractivity contribution in [3.05, 3.63) is 88.9 Å². The number of halogens is 3. The summed E-state index contributed by atoms with van der Waals surface area (Å²) in [6.45, 7) is 0. The number of nitrogens with two attached hydrogens (primary N) is 1. The highest BCUT2D eigenvalue weighted by Gasteiger charge is 2.31. The van der Waals surface area contributed by atoms with Gasteiger partial charge in [-0.25, -0.2) is 4.68 Å². The fourth-order valence-electron chi connectivity index (χ4n) is 2.59. The molecule has 0 radical (unpaired) electrons. The third-order valence-electron chi connectivity index (χ3n) is 3.78. The number of para-hydroxylation sites is 1. The van der Waals surface area contributed by atoms with E-state index in [0.29, 0.717) is 5.70 Å². The van der Waals surface area contributed by atoms with Crippen LogP contribution in [0, 0.1) is 5.41 Å². The molecule has 0 fully saturated rings. The van der Waals surface area contributed by atoms with E-state index in [1.807, 2.05) is 30.3 Å². The van der Waals surface area contributed by atoms with Gasteiger partial charge >= 0.3 is 6.36 Å². The first-order valence-corrected chi connectivity index (χ1v) is 8.43. The Morgan fingerprint density at radius 1 is 1.10 bits per heavy atom. The molecule has 3 N–H and O–H groups in total. The molecule has 0 aliphatic rings. The predicted molar refractivity (Wildman–Crippen MR) is 101 cm³/mol. The molecule has 0 saturated carbocycles. The van der Waals surface area contributed by atoms with Crippen LogP contribution < -0.4 is 15.5 Å². The Bertz CT molecular complexity index is 1090. The molecule has 1 heterocycles. The number of quaternary nitrogens is 1. The average Bonchev–Trinajstić information content (AvgIpc) is 2.68. The summed E-state index contributed by atoms with van der Waals surface area (Å²) in [5.41, 5.74) is 1.15. The quantitative estimate of drug-likeness (QED) is 0.492. The predicted octanol–water partition coefficient (Wildman–Crippen LogP) is 3.02. The van der Waals surface area contributed by atoms with Crippen molar-refractivity contribution in [3.8, 4) is 11.4 Å². The monoisotopic (exact) mass is 401 g/mol. The molecular weight excluding hydrogens is 385 g/mol. The number of ether oxygens (including phenoxy) is 1. The molecule has 148 valence electrons. The molecule has 2 aromatic carbocycles. The molecule has 6 nitrogen and oxygen atoms in total. The lowest BCUT2D eigenvalue weighted by Gasteiger charge is -2.12. The molecule has 0 saturated heterocycles. The lowest BCUT2D eigenvalue weighted by molar-refractivity contribution is -0.469. The van der Waals surface area contributed by atoms with Gasteiger partial charge in [-0.15, -0.1) is 13.2 Å². The smallest absolute Gasteiger partial charge is 0.406 e. The highest BCUT2D eigenvalue weighted by Crippen LogP contribution is 2.24. The average molecular weight is 401 g/mol. The van der Waals surface area contributed by atoms with Crippen LogP contribution in [0.5, 0.6) is 5.75 Å². The number of allylic oxidation sites excluding steroid dienone is 1. The lowest BCUT2D eigenvalue weighted by atomic mass is 10.2. The second-order valence-electron chi connectivity index (χ2n) is 5.86. The van der Waals surface area contributed by atoms with E-state index in [4.69, 9.17) is 5.41 Å². The highest BCUT2D eigenvalue weighted by atomic mass is 19.4. The number of hydrogen-bond acceptors (Lipinski definition) is 4. The van der Waals surface area contributed by atoms with Crippen molar-refractivity contribution in [2.75, 3.05) is 0 Å². The number of nitrogens with one attached hydrogen (secondary N) is 1. The summed E-state index contributed by atoms with van der Waals surface area (Å²) in [6, 6.07) is 15.7. The van der Waals surface area contributed by atoms with E-state index in [-0.39, 0.29) is 16.8 Å². The van der Waals surface area contributed by atoms with Crippen LogP contribution in [-0.4, -0.2) is 22.4 Å². The van der Waals surface area contributed by atoms with E-state index in [1.165, 1.54) is 41.2 Å². The van der Waals surface area contributed by atoms with Gasteiger partial charge < -0.3 is 10.1 Å². The molecule has 3 aromatic rings. The fraction of sp³-hybridized carbons (Fsp3) is 0.0500. The number of benzene rings is 2. The zero-order valence-corrected chi connectivity index (χ0v) is 14.9. The number of nitrogens with zero attached hydrogens (tertiary/aromatic N) is 2. The van der Waals surface area contributed by atoms with Crippen LogP contribution in [0.15, 0.2) is 77.7 Å². The van der Waals surface area contributed by atoms with Crippen LogP contribution in [0.1, 0.15) is 5.69 Å². The van der Waals surface area contributed by atoms with E-state index < -0.39 is 12.1 Å². The Hall–Kier alpha value is -3.72. The van der Waals surface area contributed by atoms with E-state index in [2.05, 4.69) is 9.84 Å². The van der Waals surface area contributed by atoms with Crippen LogP contribution in [0.2, 0.25) is 0 Å². The van der Waals surface area contributed by atoms with Crippen LogP contribution in [0.4, 0.5) is 18.9 Å². The van der Waals surface area contributed by atoms with Gasteiger partial charge in [0.1, 0.15) is 11.4 Å². The van der Waals surface area contributed by atoms with Crippen molar-refractivity contribution < 1.29 is 23.2 Å². The summed E-state index contributed by atoms with van der Waals surface area (Å²) >= 11 is 0. The van der Waals surface area contributed by atoms with Crippen molar-refractivity contribution >= 4 is 17.6 Å². The molecule has 0 spiro atoms. The van der Waals surface area contributed by atoms with Crippen LogP contribution in [0.3, 0.4) is 0 Å². The second kappa shape index (κ2) is 8.53. The standard InChI is InChI=1S/C20H15F3N4O2/c21-20(22,23)29-16-8-4-7-15(13-16)27-12-10-18(28)19(26-27)17(9-11-24)25-14-5-2-1-3-6-14/h1-13,24-25H/p+1/b17-9-,24-11?. The van der Waals surface area contributed by atoms with Crippen molar-refractivity contribution in [3.63, 3.8) is 0 Å². The maximum Gasteiger partial charge on any atom is 0.573 e. The van der Waals surface area contributed by atoms with Crippen molar-refractivity contribution in [2.24, 2.45) is 0 Å². The summed E-state index contributed by atoms with van der Waals surface area (Å²) in [7, 11) is 0. The Morgan fingerprint density at radius 2 is 1.86 bits per heavy atom. The Labute approximate surface area is 163 Å². The van der Waals surface area contributed by atoms with E-state index in [1.54, 1.807) is 5.32 Å². The molecule has 0 atom stereocenters. The molecule has 3 rings (SSSR count). The largest absolute Gasteiger partial charge is 0.573 e.